The average molecular weight is 534 g/mol. The summed E-state index contributed by atoms with van der Waals surface area (Å²) in [5.41, 5.74) is 2.76. The quantitative estimate of drug-likeness (QED) is 0.308. The summed E-state index contributed by atoms with van der Waals surface area (Å²) < 4.78 is 45.7. The van der Waals surface area contributed by atoms with Crippen LogP contribution in [0.25, 0.3) is 16.9 Å². The van der Waals surface area contributed by atoms with Gasteiger partial charge in [0.2, 0.25) is 0 Å². The number of alkyl halides is 3. The molecule has 0 saturated heterocycles. The Balaban J connectivity index is 1.42. The summed E-state index contributed by atoms with van der Waals surface area (Å²) in [5, 5.41) is 2.63. The topological polar surface area (TPSA) is 80.3 Å². The summed E-state index contributed by atoms with van der Waals surface area (Å²) >= 11 is 0. The van der Waals surface area contributed by atoms with Gasteiger partial charge in [-0.1, -0.05) is 12.1 Å². The Bertz CT molecular complexity index is 1650. The molecule has 0 aliphatic rings. The van der Waals surface area contributed by atoms with E-state index >= 15 is 0 Å². The van der Waals surface area contributed by atoms with Crippen molar-refractivity contribution in [2.45, 2.75) is 26.2 Å². The van der Waals surface area contributed by atoms with Crippen molar-refractivity contribution in [2.24, 2.45) is 0 Å². The number of nitrogens with one attached hydrogen (secondary N) is 1. The first-order chi connectivity index (χ1) is 18.6. The van der Waals surface area contributed by atoms with E-state index in [2.05, 4.69) is 20.3 Å². The molecule has 0 unspecified atom stereocenters. The number of hydrogen-bond acceptors (Lipinski definition) is 5. The molecule has 0 spiro atoms. The van der Waals surface area contributed by atoms with Crippen molar-refractivity contribution in [3.05, 3.63) is 102 Å². The summed E-state index contributed by atoms with van der Waals surface area (Å²) in [6.45, 7) is 2.41. The van der Waals surface area contributed by atoms with Crippen LogP contribution in [0, 0.1) is 6.92 Å². The van der Waals surface area contributed by atoms with Gasteiger partial charge in [0, 0.05) is 48.1 Å². The summed E-state index contributed by atoms with van der Waals surface area (Å²) in [5.74, 6) is 0.137. The van der Waals surface area contributed by atoms with Gasteiger partial charge in [-0.3, -0.25) is 14.2 Å². The summed E-state index contributed by atoms with van der Waals surface area (Å²) in [6.07, 6.45) is 5.36. The summed E-state index contributed by atoms with van der Waals surface area (Å²) in [6, 6.07) is 9.00. The van der Waals surface area contributed by atoms with E-state index in [9.17, 15) is 18.0 Å². The standard InChI is InChI=1S/C28H26F3N7O/c1-18-4-5-19(12-22(18)24-14-34-25-15-32-8-11-38(24)25)27(39)35-21-7-6-20(23(13-21)28(29,30)31)16-37-10-9-33-26(37)17-36(2)3/h4-15H,16-17H2,1-3H3,(H,35,39). The fraction of sp³-hybridized carbons (Fsp3) is 0.214. The number of nitrogens with zero attached hydrogens (tertiary/aromatic N) is 6. The monoisotopic (exact) mass is 533 g/mol. The van der Waals surface area contributed by atoms with Crippen molar-refractivity contribution < 1.29 is 18.0 Å². The predicted octanol–water partition coefficient (Wildman–Crippen LogP) is 5.28. The Labute approximate surface area is 222 Å². The third kappa shape index (κ3) is 5.53. The van der Waals surface area contributed by atoms with Crippen molar-refractivity contribution >= 4 is 17.2 Å². The van der Waals surface area contributed by atoms with Crippen LogP contribution < -0.4 is 5.32 Å². The number of fused-ring (bicyclic) bond motifs is 1. The molecule has 2 aromatic carbocycles. The van der Waals surface area contributed by atoms with Crippen LogP contribution in [0.2, 0.25) is 0 Å². The van der Waals surface area contributed by atoms with Gasteiger partial charge in [-0.05, 0) is 56.4 Å². The molecule has 0 fully saturated rings. The van der Waals surface area contributed by atoms with Crippen molar-refractivity contribution in [1.82, 2.24) is 28.8 Å². The Morgan fingerprint density at radius 1 is 1.03 bits per heavy atom. The molecule has 1 N–H and O–H groups in total. The lowest BCUT2D eigenvalue weighted by Gasteiger charge is -2.17. The second kappa shape index (κ2) is 10.3. The number of anilines is 1. The first-order valence-corrected chi connectivity index (χ1v) is 12.1. The van der Waals surface area contributed by atoms with Gasteiger partial charge in [0.15, 0.2) is 5.65 Å². The molecule has 0 bridgehead atoms. The van der Waals surface area contributed by atoms with E-state index in [0.717, 1.165) is 22.9 Å². The van der Waals surface area contributed by atoms with Crippen molar-refractivity contribution in [1.29, 1.82) is 0 Å². The number of benzene rings is 2. The molecule has 5 rings (SSSR count). The van der Waals surface area contributed by atoms with Gasteiger partial charge in [-0.2, -0.15) is 13.2 Å². The van der Waals surface area contributed by atoms with Crippen LogP contribution in [0.1, 0.15) is 32.9 Å². The maximum Gasteiger partial charge on any atom is 0.416 e. The van der Waals surface area contributed by atoms with Crippen LogP contribution in [-0.2, 0) is 19.3 Å². The van der Waals surface area contributed by atoms with E-state index in [1.54, 1.807) is 59.9 Å². The SMILES string of the molecule is Cc1ccc(C(=O)Nc2ccc(Cn3ccnc3CN(C)C)c(C(F)(F)F)c2)cc1-c1cnc2cnccn12. The zero-order chi connectivity index (χ0) is 27.7. The minimum atomic E-state index is -4.60. The first-order valence-electron chi connectivity index (χ1n) is 12.1. The molecule has 0 aliphatic heterocycles. The Morgan fingerprint density at radius 2 is 1.85 bits per heavy atom. The highest BCUT2D eigenvalue weighted by atomic mass is 19.4. The van der Waals surface area contributed by atoms with Crippen LogP contribution in [0.4, 0.5) is 18.9 Å². The molecule has 1 amide bonds. The molecule has 3 aromatic heterocycles. The minimum Gasteiger partial charge on any atom is -0.329 e. The number of aryl methyl sites for hydroxylation is 1. The number of halogens is 3. The molecule has 0 aliphatic carbocycles. The second-order valence-corrected chi connectivity index (χ2v) is 9.51. The van der Waals surface area contributed by atoms with Crippen molar-refractivity contribution in [2.75, 3.05) is 19.4 Å². The molecule has 200 valence electrons. The summed E-state index contributed by atoms with van der Waals surface area (Å²) in [7, 11) is 3.73. The first kappa shape index (κ1) is 26.1. The number of carbonyl (C=O) groups excluding carboxylic acids is 1. The predicted molar refractivity (Wildman–Crippen MR) is 141 cm³/mol. The fourth-order valence-electron chi connectivity index (χ4n) is 4.44. The minimum absolute atomic E-state index is 0.00237. The van der Waals surface area contributed by atoms with Crippen molar-refractivity contribution in [3.8, 4) is 11.3 Å². The van der Waals surface area contributed by atoms with Gasteiger partial charge in [-0.15, -0.1) is 0 Å². The van der Waals surface area contributed by atoms with Gasteiger partial charge in [0.25, 0.3) is 5.91 Å². The van der Waals surface area contributed by atoms with Gasteiger partial charge < -0.3 is 14.8 Å². The third-order valence-electron chi connectivity index (χ3n) is 6.37. The van der Waals surface area contributed by atoms with Gasteiger partial charge in [-0.25, -0.2) is 9.97 Å². The summed E-state index contributed by atoms with van der Waals surface area (Å²) in [4.78, 5) is 27.7. The Morgan fingerprint density at radius 3 is 2.62 bits per heavy atom. The highest BCUT2D eigenvalue weighted by Crippen LogP contribution is 2.35. The van der Waals surface area contributed by atoms with E-state index in [0.29, 0.717) is 23.6 Å². The van der Waals surface area contributed by atoms with E-state index in [4.69, 9.17) is 0 Å². The highest BCUT2D eigenvalue weighted by Gasteiger charge is 2.34. The molecule has 5 aromatic rings. The fourth-order valence-corrected chi connectivity index (χ4v) is 4.44. The van der Waals surface area contributed by atoms with Crippen LogP contribution in [0.3, 0.4) is 0 Å². The van der Waals surface area contributed by atoms with Crippen LogP contribution in [-0.4, -0.2) is 48.8 Å². The van der Waals surface area contributed by atoms with E-state index in [-0.39, 0.29) is 17.8 Å². The smallest absolute Gasteiger partial charge is 0.329 e. The van der Waals surface area contributed by atoms with Gasteiger partial charge in [0.05, 0.1) is 30.2 Å². The molecular weight excluding hydrogens is 507 g/mol. The zero-order valence-electron chi connectivity index (χ0n) is 21.6. The number of amides is 1. The van der Waals surface area contributed by atoms with Gasteiger partial charge in [0.1, 0.15) is 5.82 Å². The number of carbonyl (C=O) groups is 1. The normalized spacial score (nSPS) is 11.9. The molecule has 11 heteroatoms. The zero-order valence-corrected chi connectivity index (χ0v) is 21.6. The lowest BCUT2D eigenvalue weighted by atomic mass is 10.0. The number of hydrogen-bond donors (Lipinski definition) is 1. The third-order valence-corrected chi connectivity index (χ3v) is 6.37. The lowest BCUT2D eigenvalue weighted by molar-refractivity contribution is -0.138. The molecular formula is C28H26F3N7O. The van der Waals surface area contributed by atoms with E-state index in [1.165, 1.54) is 12.1 Å². The molecule has 3 heterocycles. The van der Waals surface area contributed by atoms with Crippen LogP contribution in [0.5, 0.6) is 0 Å². The van der Waals surface area contributed by atoms with E-state index in [1.807, 2.05) is 30.3 Å². The van der Waals surface area contributed by atoms with Gasteiger partial charge >= 0.3 is 6.18 Å². The molecule has 39 heavy (non-hydrogen) atoms. The number of aromatic nitrogens is 5. The molecule has 0 radical (unpaired) electrons. The van der Waals surface area contributed by atoms with Crippen molar-refractivity contribution in [3.63, 3.8) is 0 Å². The Hall–Kier alpha value is -4.51. The molecule has 0 atom stereocenters. The lowest BCUT2D eigenvalue weighted by Crippen LogP contribution is -2.18. The maximum atomic E-state index is 14.1. The second-order valence-electron chi connectivity index (χ2n) is 9.51. The van der Waals surface area contributed by atoms with E-state index < -0.39 is 17.6 Å². The maximum absolute atomic E-state index is 14.1. The largest absolute Gasteiger partial charge is 0.416 e. The number of imidazole rings is 2. The molecule has 0 saturated carbocycles. The van der Waals surface area contributed by atoms with Crippen LogP contribution >= 0.6 is 0 Å². The average Bonchev–Trinajstić information content (AvgIpc) is 3.51. The highest BCUT2D eigenvalue weighted by molar-refractivity contribution is 6.05. The Kier molecular flexibility index (Phi) is 6.92. The molecule has 8 nitrogen and oxygen atoms in total. The van der Waals surface area contributed by atoms with Crippen LogP contribution in [0.15, 0.2) is 73.6 Å². The number of rotatable bonds is 7.